The minimum absolute atomic E-state index is 0. The molecule has 1 aromatic rings. The predicted octanol–water partition coefficient (Wildman–Crippen LogP) is 4.48. The molecule has 1 atom stereocenters. The molecule has 0 spiro atoms. The monoisotopic (exact) mass is 402 g/mol. The normalized spacial score (nSPS) is 17.4. The van der Waals surface area contributed by atoms with Gasteiger partial charge in [-0.05, 0) is 12.1 Å². The molecular weight excluding hydrogens is 390 g/mol. The molecule has 1 aliphatic rings. The van der Waals surface area contributed by atoms with E-state index < -0.39 is 23.6 Å². The lowest BCUT2D eigenvalue weighted by molar-refractivity contribution is -0.188. The van der Waals surface area contributed by atoms with Crippen molar-refractivity contribution in [1.82, 2.24) is 10.2 Å². The van der Waals surface area contributed by atoms with Gasteiger partial charge in [-0.2, -0.15) is 13.2 Å². The maximum atomic E-state index is 14.0. The maximum absolute atomic E-state index is 14.0. The lowest BCUT2D eigenvalue weighted by Gasteiger charge is -2.36. The number of nitrogens with one attached hydrogen (secondary N) is 1. The van der Waals surface area contributed by atoms with E-state index in [9.17, 15) is 17.6 Å². The van der Waals surface area contributed by atoms with Gasteiger partial charge in [0.05, 0.1) is 5.02 Å². The Bertz CT molecular complexity index is 493. The van der Waals surface area contributed by atoms with E-state index in [0.717, 1.165) is 11.0 Å². The van der Waals surface area contributed by atoms with Gasteiger partial charge in [0.15, 0.2) is 0 Å². The molecule has 1 heterocycles. The summed E-state index contributed by atoms with van der Waals surface area (Å²) >= 11 is 11.4. The molecule has 0 unspecified atom stereocenters. The van der Waals surface area contributed by atoms with Gasteiger partial charge in [0, 0.05) is 36.8 Å². The summed E-state index contributed by atoms with van der Waals surface area (Å²) < 4.78 is 54.1. The van der Waals surface area contributed by atoms with Crippen molar-refractivity contribution in [3.05, 3.63) is 33.6 Å². The van der Waals surface area contributed by atoms with Crippen LogP contribution in [0, 0.1) is 5.82 Å². The highest BCUT2D eigenvalue weighted by molar-refractivity contribution is 6.33. The van der Waals surface area contributed by atoms with Crippen molar-refractivity contribution >= 4 is 48.0 Å². The van der Waals surface area contributed by atoms with Crippen molar-refractivity contribution in [2.75, 3.05) is 26.2 Å². The van der Waals surface area contributed by atoms with Crippen LogP contribution in [0.4, 0.5) is 17.6 Å². The minimum Gasteiger partial charge on any atom is -0.314 e. The van der Waals surface area contributed by atoms with Crippen molar-refractivity contribution in [3.8, 4) is 0 Å². The summed E-state index contributed by atoms with van der Waals surface area (Å²) in [6, 6.07) is 0.243. The molecule has 0 aromatic heterocycles. The highest BCUT2D eigenvalue weighted by Crippen LogP contribution is 2.43. The average molecular weight is 404 g/mol. The zero-order valence-corrected chi connectivity index (χ0v) is 14.2. The number of hydrogen-bond donors (Lipinski definition) is 1. The molecular formula is C12H14Cl4F4N2. The van der Waals surface area contributed by atoms with E-state index in [1.165, 1.54) is 6.07 Å². The van der Waals surface area contributed by atoms with Gasteiger partial charge in [-0.15, -0.1) is 24.8 Å². The minimum atomic E-state index is -4.63. The summed E-state index contributed by atoms with van der Waals surface area (Å²) in [7, 11) is 0. The summed E-state index contributed by atoms with van der Waals surface area (Å²) in [5.74, 6) is -1.11. The Morgan fingerprint density at radius 3 is 2.05 bits per heavy atom. The molecule has 1 fully saturated rings. The van der Waals surface area contributed by atoms with Crippen molar-refractivity contribution in [2.45, 2.75) is 12.2 Å². The molecule has 1 N–H and O–H groups in total. The first-order chi connectivity index (χ1) is 9.32. The molecule has 2 nitrogen and oxygen atoms in total. The lowest BCUT2D eigenvalue weighted by Crippen LogP contribution is -2.49. The van der Waals surface area contributed by atoms with E-state index in [2.05, 4.69) is 5.32 Å². The number of rotatable bonds is 2. The van der Waals surface area contributed by atoms with Crippen molar-refractivity contribution < 1.29 is 17.6 Å². The van der Waals surface area contributed by atoms with Gasteiger partial charge in [-0.1, -0.05) is 23.2 Å². The van der Waals surface area contributed by atoms with Gasteiger partial charge < -0.3 is 5.32 Å². The molecule has 22 heavy (non-hydrogen) atoms. The fourth-order valence-corrected chi connectivity index (χ4v) is 2.70. The quantitative estimate of drug-likeness (QED) is 0.578. The zero-order valence-electron chi connectivity index (χ0n) is 11.1. The fraction of sp³-hybridized carbons (Fsp3) is 0.500. The van der Waals surface area contributed by atoms with Crippen LogP contribution in [0.25, 0.3) is 0 Å². The Morgan fingerprint density at radius 1 is 1.05 bits per heavy atom. The highest BCUT2D eigenvalue weighted by Gasteiger charge is 2.47. The third-order valence-electron chi connectivity index (χ3n) is 3.18. The lowest BCUT2D eigenvalue weighted by atomic mass is 10.0. The molecule has 1 aromatic carbocycles. The van der Waals surface area contributed by atoms with Crippen LogP contribution in [0.5, 0.6) is 0 Å². The Morgan fingerprint density at radius 2 is 1.55 bits per heavy atom. The van der Waals surface area contributed by atoms with E-state index in [1.54, 1.807) is 0 Å². The number of alkyl halides is 3. The number of piperazine rings is 1. The van der Waals surface area contributed by atoms with Crippen molar-refractivity contribution in [2.24, 2.45) is 0 Å². The van der Waals surface area contributed by atoms with Gasteiger partial charge >= 0.3 is 6.18 Å². The Kier molecular flexibility index (Phi) is 8.76. The number of nitrogens with zero attached hydrogens (tertiary/aromatic N) is 1. The van der Waals surface area contributed by atoms with Gasteiger partial charge in [-0.25, -0.2) is 4.39 Å². The second-order valence-corrected chi connectivity index (χ2v) is 5.30. The summed E-state index contributed by atoms with van der Waals surface area (Å²) in [5.41, 5.74) is -0.603. The summed E-state index contributed by atoms with van der Waals surface area (Å²) in [6.45, 7) is 1.14. The highest BCUT2D eigenvalue weighted by atomic mass is 35.5. The van der Waals surface area contributed by atoms with E-state index >= 15 is 0 Å². The van der Waals surface area contributed by atoms with Crippen LogP contribution >= 0.6 is 48.0 Å². The van der Waals surface area contributed by atoms with Gasteiger partial charge in [0.25, 0.3) is 0 Å². The molecule has 1 saturated heterocycles. The molecule has 0 aliphatic carbocycles. The van der Waals surface area contributed by atoms with E-state index in [0.29, 0.717) is 13.1 Å². The van der Waals surface area contributed by atoms with Crippen LogP contribution in [0.3, 0.4) is 0 Å². The maximum Gasteiger partial charge on any atom is 0.408 e. The third kappa shape index (κ3) is 4.76. The molecule has 0 bridgehead atoms. The summed E-state index contributed by atoms with van der Waals surface area (Å²) in [4.78, 5) is 1.16. The SMILES string of the molecule is Cl.Cl.Fc1c(Cl)ccc(Cl)c1[C@H](N1CCNCC1)C(F)(F)F. The molecule has 0 amide bonds. The van der Waals surface area contributed by atoms with E-state index in [-0.39, 0.29) is 47.9 Å². The van der Waals surface area contributed by atoms with Gasteiger partial charge in [-0.3, -0.25) is 4.90 Å². The first kappa shape index (κ1) is 22.0. The molecule has 1 aliphatic heterocycles. The Balaban J connectivity index is 0.00000220. The van der Waals surface area contributed by atoms with Crippen LogP contribution in [-0.4, -0.2) is 37.3 Å². The van der Waals surface area contributed by atoms with Crippen molar-refractivity contribution in [1.29, 1.82) is 0 Å². The summed E-state index contributed by atoms with van der Waals surface area (Å²) in [6.07, 6.45) is -4.63. The Hall–Kier alpha value is 0.0200. The number of benzene rings is 1. The Labute approximate surface area is 147 Å². The van der Waals surface area contributed by atoms with Crippen LogP contribution < -0.4 is 5.32 Å². The largest absolute Gasteiger partial charge is 0.408 e. The second-order valence-electron chi connectivity index (χ2n) is 4.49. The molecule has 128 valence electrons. The third-order valence-corrected chi connectivity index (χ3v) is 3.80. The first-order valence-electron chi connectivity index (χ1n) is 5.97. The smallest absolute Gasteiger partial charge is 0.314 e. The number of halogens is 8. The van der Waals surface area contributed by atoms with Crippen LogP contribution in [-0.2, 0) is 0 Å². The molecule has 0 saturated carbocycles. The van der Waals surface area contributed by atoms with Crippen LogP contribution in [0.2, 0.25) is 10.0 Å². The topological polar surface area (TPSA) is 15.3 Å². The van der Waals surface area contributed by atoms with Gasteiger partial charge in [0.1, 0.15) is 11.9 Å². The van der Waals surface area contributed by atoms with Crippen LogP contribution in [0.1, 0.15) is 11.6 Å². The fourth-order valence-electron chi connectivity index (χ4n) is 2.29. The first-order valence-corrected chi connectivity index (χ1v) is 6.73. The van der Waals surface area contributed by atoms with Gasteiger partial charge in [0.2, 0.25) is 0 Å². The second kappa shape index (κ2) is 8.76. The van der Waals surface area contributed by atoms with Crippen molar-refractivity contribution in [3.63, 3.8) is 0 Å². The van der Waals surface area contributed by atoms with E-state index in [1.807, 2.05) is 0 Å². The number of hydrogen-bond acceptors (Lipinski definition) is 2. The standard InChI is InChI=1S/C12H12Cl2F4N2.2ClH/c13-7-1-2-8(14)10(15)9(7)11(12(16,17)18)20-5-3-19-4-6-20;;/h1-2,11,19H,3-6H2;2*1H/t11-;;/m0../s1. The molecule has 0 radical (unpaired) electrons. The molecule has 10 heteroatoms. The molecule has 2 rings (SSSR count). The predicted molar refractivity (Wildman–Crippen MR) is 84.2 cm³/mol. The van der Waals surface area contributed by atoms with Crippen LogP contribution in [0.15, 0.2) is 12.1 Å². The zero-order chi connectivity index (χ0) is 14.9. The summed E-state index contributed by atoms with van der Waals surface area (Å²) in [5, 5.41) is 2.31. The van der Waals surface area contributed by atoms with E-state index in [4.69, 9.17) is 23.2 Å². The average Bonchev–Trinajstić information content (AvgIpc) is 2.39.